The summed E-state index contributed by atoms with van der Waals surface area (Å²) in [5.41, 5.74) is 0.956. The number of aliphatic hydroxyl groups excluding tert-OH is 1. The Morgan fingerprint density at radius 1 is 1.38 bits per heavy atom. The van der Waals surface area contributed by atoms with E-state index in [4.69, 9.17) is 14.6 Å². The zero-order chi connectivity index (χ0) is 12.0. The van der Waals surface area contributed by atoms with Gasteiger partial charge in [0.25, 0.3) is 0 Å². The van der Waals surface area contributed by atoms with Gasteiger partial charge in [-0.15, -0.1) is 0 Å². The van der Waals surface area contributed by atoms with Crippen molar-refractivity contribution in [3.63, 3.8) is 0 Å². The van der Waals surface area contributed by atoms with E-state index >= 15 is 0 Å². The van der Waals surface area contributed by atoms with Crippen LogP contribution in [0, 0.1) is 11.8 Å². The molecule has 0 saturated heterocycles. The van der Waals surface area contributed by atoms with Crippen molar-refractivity contribution < 1.29 is 19.4 Å². The van der Waals surface area contributed by atoms with Gasteiger partial charge in [-0.25, -0.2) is 0 Å². The molecule has 1 aromatic rings. The summed E-state index contributed by atoms with van der Waals surface area (Å²) in [6, 6.07) is 3.15. The fourth-order valence-electron chi connectivity index (χ4n) is 1.28. The van der Waals surface area contributed by atoms with Crippen molar-refractivity contribution in [2.45, 2.75) is 0 Å². The van der Waals surface area contributed by atoms with E-state index in [9.17, 15) is 4.79 Å². The third-order valence-electron chi connectivity index (χ3n) is 1.94. The second kappa shape index (κ2) is 5.79. The number of hydrogen-bond acceptors (Lipinski definition) is 4. The molecular weight excluding hydrogens is 208 g/mol. The largest absolute Gasteiger partial charge is 0.493 e. The highest BCUT2D eigenvalue weighted by molar-refractivity contribution is 5.78. The van der Waals surface area contributed by atoms with Gasteiger partial charge in [0.05, 0.1) is 19.8 Å². The summed E-state index contributed by atoms with van der Waals surface area (Å²) >= 11 is 0. The second-order valence-electron chi connectivity index (χ2n) is 2.88. The molecule has 0 spiro atoms. The van der Waals surface area contributed by atoms with Crippen LogP contribution < -0.4 is 9.47 Å². The number of rotatable bonds is 3. The van der Waals surface area contributed by atoms with Crippen LogP contribution in [0.1, 0.15) is 15.9 Å². The zero-order valence-corrected chi connectivity index (χ0v) is 9.11. The molecule has 0 amide bonds. The van der Waals surface area contributed by atoms with E-state index in [2.05, 4.69) is 11.8 Å². The van der Waals surface area contributed by atoms with Gasteiger partial charge in [-0.3, -0.25) is 4.79 Å². The fourth-order valence-corrected chi connectivity index (χ4v) is 1.28. The van der Waals surface area contributed by atoms with Crippen LogP contribution in [0.3, 0.4) is 0 Å². The number of ether oxygens (including phenoxy) is 2. The minimum Gasteiger partial charge on any atom is -0.493 e. The Balaban J connectivity index is 3.36. The Labute approximate surface area is 93.8 Å². The van der Waals surface area contributed by atoms with Crippen LogP contribution >= 0.6 is 0 Å². The van der Waals surface area contributed by atoms with Gasteiger partial charge in [0.1, 0.15) is 12.9 Å². The molecule has 0 unspecified atom stereocenters. The Bertz CT molecular complexity index is 440. The van der Waals surface area contributed by atoms with Crippen LogP contribution in [0.5, 0.6) is 11.5 Å². The van der Waals surface area contributed by atoms with Crippen LogP contribution in [0.15, 0.2) is 12.1 Å². The van der Waals surface area contributed by atoms with Crippen molar-refractivity contribution in [3.05, 3.63) is 23.3 Å². The summed E-state index contributed by atoms with van der Waals surface area (Å²) in [4.78, 5) is 10.7. The zero-order valence-electron chi connectivity index (χ0n) is 9.11. The van der Waals surface area contributed by atoms with Gasteiger partial charge in [0, 0.05) is 5.56 Å². The highest BCUT2D eigenvalue weighted by Crippen LogP contribution is 2.31. The highest BCUT2D eigenvalue weighted by Gasteiger charge is 2.10. The molecule has 0 saturated carbocycles. The van der Waals surface area contributed by atoms with Gasteiger partial charge in [0.15, 0.2) is 11.5 Å². The molecule has 1 N–H and O–H groups in total. The minimum atomic E-state index is -0.253. The van der Waals surface area contributed by atoms with Crippen LogP contribution in [0.2, 0.25) is 0 Å². The number of carbonyl (C=O) groups is 1. The lowest BCUT2D eigenvalue weighted by Gasteiger charge is -2.09. The summed E-state index contributed by atoms with van der Waals surface area (Å²) in [7, 11) is 2.97. The van der Waals surface area contributed by atoms with Crippen molar-refractivity contribution in [3.8, 4) is 23.3 Å². The molecule has 0 aliphatic heterocycles. The third kappa shape index (κ3) is 2.53. The van der Waals surface area contributed by atoms with E-state index in [-0.39, 0.29) is 6.61 Å². The Morgan fingerprint density at radius 2 is 2.12 bits per heavy atom. The topological polar surface area (TPSA) is 55.8 Å². The van der Waals surface area contributed by atoms with Crippen LogP contribution in [0.25, 0.3) is 0 Å². The van der Waals surface area contributed by atoms with E-state index in [0.29, 0.717) is 28.9 Å². The van der Waals surface area contributed by atoms with Crippen LogP contribution in [-0.2, 0) is 0 Å². The van der Waals surface area contributed by atoms with Crippen molar-refractivity contribution in [1.29, 1.82) is 0 Å². The molecule has 16 heavy (non-hydrogen) atoms. The molecule has 4 nitrogen and oxygen atoms in total. The number of aldehydes is 1. The maximum atomic E-state index is 10.7. The lowest BCUT2D eigenvalue weighted by Crippen LogP contribution is -1.96. The first-order chi connectivity index (χ1) is 7.76. The Kier molecular flexibility index (Phi) is 4.37. The molecular formula is C12H12O4. The number of hydrogen-bond donors (Lipinski definition) is 1. The molecule has 0 fully saturated rings. The predicted molar refractivity (Wildman–Crippen MR) is 58.9 cm³/mol. The van der Waals surface area contributed by atoms with Crippen molar-refractivity contribution in [2.75, 3.05) is 20.8 Å². The van der Waals surface area contributed by atoms with Gasteiger partial charge >= 0.3 is 0 Å². The molecule has 84 valence electrons. The number of benzene rings is 1. The quantitative estimate of drug-likeness (QED) is 0.606. The van der Waals surface area contributed by atoms with E-state index in [1.165, 1.54) is 14.2 Å². The summed E-state index contributed by atoms with van der Waals surface area (Å²) in [6.45, 7) is -0.253. The molecule has 0 aliphatic carbocycles. The predicted octanol–water partition coefficient (Wildman–Crippen LogP) is 0.860. The van der Waals surface area contributed by atoms with Crippen molar-refractivity contribution >= 4 is 6.29 Å². The second-order valence-corrected chi connectivity index (χ2v) is 2.88. The SMILES string of the molecule is COc1cc(C=O)cc(C#CCO)c1OC. The fraction of sp³-hybridized carbons (Fsp3) is 0.250. The first-order valence-electron chi connectivity index (χ1n) is 4.57. The summed E-state index contributed by atoms with van der Waals surface area (Å²) in [6.07, 6.45) is 0.700. The van der Waals surface area contributed by atoms with Crippen molar-refractivity contribution in [2.24, 2.45) is 0 Å². The lowest BCUT2D eigenvalue weighted by atomic mass is 10.1. The number of carbonyl (C=O) groups excluding carboxylic acids is 1. The number of methoxy groups -OCH3 is 2. The molecule has 1 rings (SSSR count). The maximum absolute atomic E-state index is 10.7. The molecule has 0 aromatic heterocycles. The van der Waals surface area contributed by atoms with Crippen LogP contribution in [0.4, 0.5) is 0 Å². The highest BCUT2D eigenvalue weighted by atomic mass is 16.5. The standard InChI is InChI=1S/C12H12O4/c1-15-11-7-9(8-14)6-10(4-3-5-13)12(11)16-2/h6-8,13H,5H2,1-2H3. The smallest absolute Gasteiger partial charge is 0.176 e. The maximum Gasteiger partial charge on any atom is 0.176 e. The third-order valence-corrected chi connectivity index (χ3v) is 1.94. The van der Waals surface area contributed by atoms with Gasteiger partial charge in [-0.2, -0.15) is 0 Å². The van der Waals surface area contributed by atoms with Crippen molar-refractivity contribution in [1.82, 2.24) is 0 Å². The lowest BCUT2D eigenvalue weighted by molar-refractivity contribution is 0.112. The summed E-state index contributed by atoms with van der Waals surface area (Å²) in [5.74, 6) is 6.09. The molecule has 0 radical (unpaired) electrons. The van der Waals surface area contributed by atoms with E-state index in [1.807, 2.05) is 0 Å². The first-order valence-corrected chi connectivity index (χ1v) is 4.57. The van der Waals surface area contributed by atoms with Crippen LogP contribution in [-0.4, -0.2) is 32.2 Å². The molecule has 1 aromatic carbocycles. The van der Waals surface area contributed by atoms with Gasteiger partial charge in [-0.05, 0) is 12.1 Å². The first kappa shape index (κ1) is 12.1. The Morgan fingerprint density at radius 3 is 2.62 bits per heavy atom. The number of aliphatic hydroxyl groups is 1. The monoisotopic (exact) mass is 220 g/mol. The van der Waals surface area contributed by atoms with E-state index in [0.717, 1.165) is 0 Å². The molecule has 0 bridgehead atoms. The normalized spacial score (nSPS) is 8.94. The molecule has 0 aliphatic rings. The van der Waals surface area contributed by atoms with E-state index < -0.39 is 0 Å². The average Bonchev–Trinajstić information content (AvgIpc) is 2.34. The molecule has 4 heteroatoms. The van der Waals surface area contributed by atoms with Gasteiger partial charge < -0.3 is 14.6 Å². The van der Waals surface area contributed by atoms with Gasteiger partial charge in [0.2, 0.25) is 0 Å². The van der Waals surface area contributed by atoms with E-state index in [1.54, 1.807) is 12.1 Å². The average molecular weight is 220 g/mol. The molecule has 0 atom stereocenters. The summed E-state index contributed by atoms with van der Waals surface area (Å²) in [5, 5.41) is 8.63. The van der Waals surface area contributed by atoms with Gasteiger partial charge in [-0.1, -0.05) is 11.8 Å². The Hall–Kier alpha value is -1.99. The minimum absolute atomic E-state index is 0.253. The molecule has 0 heterocycles. The summed E-state index contributed by atoms with van der Waals surface area (Å²) < 4.78 is 10.2.